The molecule has 0 saturated carbocycles. The van der Waals surface area contributed by atoms with Gasteiger partial charge in [-0.1, -0.05) is 17.7 Å². The van der Waals surface area contributed by atoms with Gasteiger partial charge in [-0.15, -0.1) is 0 Å². The van der Waals surface area contributed by atoms with Crippen molar-refractivity contribution < 1.29 is 14.4 Å². The van der Waals surface area contributed by atoms with Crippen molar-refractivity contribution in [3.63, 3.8) is 0 Å². The number of imide groups is 1. The van der Waals surface area contributed by atoms with E-state index in [0.29, 0.717) is 12.4 Å². The number of piperazine rings is 1. The number of ketones is 1. The number of amidine groups is 1. The molecule has 2 saturated heterocycles. The van der Waals surface area contributed by atoms with E-state index in [1.807, 2.05) is 18.2 Å². The number of anilines is 1. The van der Waals surface area contributed by atoms with Crippen LogP contribution in [0.25, 0.3) is 0 Å². The van der Waals surface area contributed by atoms with Gasteiger partial charge in [-0.2, -0.15) is 0 Å². The van der Waals surface area contributed by atoms with Crippen molar-refractivity contribution in [2.24, 2.45) is 4.99 Å². The maximum absolute atomic E-state index is 12.7. The van der Waals surface area contributed by atoms with Gasteiger partial charge in [0.25, 0.3) is 5.91 Å². The zero-order valence-corrected chi connectivity index (χ0v) is 19.6. The number of halogens is 1. The molecule has 172 valence electrons. The number of nitrogens with zero attached hydrogens (tertiary/aromatic N) is 5. The first kappa shape index (κ1) is 22.5. The van der Waals surface area contributed by atoms with Crippen LogP contribution in [-0.4, -0.2) is 96.3 Å². The van der Waals surface area contributed by atoms with Crippen LogP contribution in [0.4, 0.5) is 10.5 Å². The molecular weight excluding hydrogens is 432 g/mol. The number of fused-ring (bicyclic) bond motifs is 1. The number of hydrogen-bond donors (Lipinski definition) is 1. The van der Waals surface area contributed by atoms with Crippen LogP contribution < -0.4 is 10.2 Å². The molecule has 1 aromatic rings. The molecule has 3 aliphatic rings. The van der Waals surface area contributed by atoms with Crippen molar-refractivity contribution in [1.29, 1.82) is 0 Å². The number of hydrogen-bond acceptors (Lipinski definition) is 7. The number of rotatable bonds is 5. The summed E-state index contributed by atoms with van der Waals surface area (Å²) in [5.74, 6) is 0.213. The minimum atomic E-state index is -0.693. The van der Waals surface area contributed by atoms with E-state index in [4.69, 9.17) is 16.6 Å². The van der Waals surface area contributed by atoms with Gasteiger partial charge >= 0.3 is 6.03 Å². The Kier molecular flexibility index (Phi) is 6.13. The molecule has 32 heavy (non-hydrogen) atoms. The van der Waals surface area contributed by atoms with E-state index in [-0.39, 0.29) is 5.78 Å². The second-order valence-corrected chi connectivity index (χ2v) is 9.13. The van der Waals surface area contributed by atoms with Gasteiger partial charge in [0, 0.05) is 43.9 Å². The zero-order chi connectivity index (χ0) is 23.2. The van der Waals surface area contributed by atoms with Crippen LogP contribution in [-0.2, 0) is 9.59 Å². The van der Waals surface area contributed by atoms with Crippen molar-refractivity contribution in [1.82, 2.24) is 20.0 Å². The number of carbonyl (C=O) groups is 3. The molecule has 1 N–H and O–H groups in total. The van der Waals surface area contributed by atoms with E-state index >= 15 is 0 Å². The summed E-state index contributed by atoms with van der Waals surface area (Å²) >= 11 is 6.20. The molecule has 0 radical (unpaired) electrons. The molecule has 3 atom stereocenters. The highest BCUT2D eigenvalue weighted by molar-refractivity contribution is 6.30. The zero-order valence-electron chi connectivity index (χ0n) is 18.8. The second kappa shape index (κ2) is 8.71. The molecule has 0 bridgehead atoms. The SMILES string of the molecule is CC(=O)C(C)N1C(CN2CCN(c3cc(Cl)ccc3C)CC2)=NC2C1C(=O)NC(=O)N2C. The molecule has 1 aromatic carbocycles. The summed E-state index contributed by atoms with van der Waals surface area (Å²) < 4.78 is 0. The molecule has 0 aromatic heterocycles. The van der Waals surface area contributed by atoms with Gasteiger partial charge in [-0.3, -0.25) is 19.8 Å². The highest BCUT2D eigenvalue weighted by atomic mass is 35.5. The summed E-state index contributed by atoms with van der Waals surface area (Å²) in [4.78, 5) is 49.5. The van der Waals surface area contributed by atoms with Crippen molar-refractivity contribution in [3.05, 3.63) is 28.8 Å². The third-order valence-electron chi connectivity index (χ3n) is 6.63. The predicted molar refractivity (Wildman–Crippen MR) is 123 cm³/mol. The number of urea groups is 1. The highest BCUT2D eigenvalue weighted by Gasteiger charge is 2.50. The van der Waals surface area contributed by atoms with Crippen molar-refractivity contribution in [2.75, 3.05) is 44.7 Å². The van der Waals surface area contributed by atoms with Crippen LogP contribution in [0.1, 0.15) is 19.4 Å². The average molecular weight is 461 g/mol. The van der Waals surface area contributed by atoms with E-state index in [1.54, 1.807) is 18.9 Å². The number of Topliss-reactive ketones (excluding diaryl/α,β-unsaturated/α-hetero) is 1. The number of amides is 3. The number of likely N-dealkylation sites (N-methyl/N-ethyl adjacent to an activating group) is 1. The average Bonchev–Trinajstić information content (AvgIpc) is 3.13. The maximum atomic E-state index is 12.7. The van der Waals surface area contributed by atoms with Crippen LogP contribution in [0.15, 0.2) is 23.2 Å². The first-order valence-corrected chi connectivity index (χ1v) is 11.2. The Hall–Kier alpha value is -2.65. The molecule has 3 heterocycles. The summed E-state index contributed by atoms with van der Waals surface area (Å²) in [6.07, 6.45) is -0.622. The molecule has 2 fully saturated rings. The van der Waals surface area contributed by atoms with Crippen molar-refractivity contribution in [3.8, 4) is 0 Å². The first-order chi connectivity index (χ1) is 15.2. The minimum absolute atomic E-state index is 0.0491. The van der Waals surface area contributed by atoms with E-state index in [9.17, 15) is 14.4 Å². The Bertz CT molecular complexity index is 974. The van der Waals surface area contributed by atoms with Crippen molar-refractivity contribution in [2.45, 2.75) is 39.0 Å². The highest BCUT2D eigenvalue weighted by Crippen LogP contribution is 2.28. The fourth-order valence-electron chi connectivity index (χ4n) is 4.59. The molecule has 3 aliphatic heterocycles. The number of aliphatic imine (C=N–C) groups is 1. The first-order valence-electron chi connectivity index (χ1n) is 10.8. The van der Waals surface area contributed by atoms with Gasteiger partial charge in [0.2, 0.25) is 0 Å². The molecule has 9 nitrogen and oxygen atoms in total. The number of nitrogens with one attached hydrogen (secondary N) is 1. The molecule has 0 spiro atoms. The van der Waals surface area contributed by atoms with E-state index in [2.05, 4.69) is 22.0 Å². The third-order valence-corrected chi connectivity index (χ3v) is 6.87. The van der Waals surface area contributed by atoms with Crippen LogP contribution in [0.5, 0.6) is 0 Å². The molecule has 4 rings (SSSR count). The van der Waals surface area contributed by atoms with Gasteiger partial charge < -0.3 is 14.7 Å². The van der Waals surface area contributed by atoms with Crippen molar-refractivity contribution >= 4 is 40.8 Å². The standard InChI is InChI=1S/C22H29ClN6O3/c1-13-5-6-16(23)11-17(13)28-9-7-27(8-10-28)12-18-24-20-19(29(18)14(2)15(3)30)21(31)25-22(32)26(20)4/h5-6,11,14,19-20H,7-10,12H2,1-4H3,(H,25,31,32). The lowest BCUT2D eigenvalue weighted by atomic mass is 10.1. The summed E-state index contributed by atoms with van der Waals surface area (Å²) in [7, 11) is 1.62. The number of carbonyl (C=O) groups excluding carboxylic acids is 3. The Labute approximate surface area is 193 Å². The predicted octanol–water partition coefficient (Wildman–Crippen LogP) is 1.34. The van der Waals surface area contributed by atoms with Gasteiger partial charge in [0.1, 0.15) is 5.84 Å². The van der Waals surface area contributed by atoms with Crippen LogP contribution >= 0.6 is 11.6 Å². The summed E-state index contributed by atoms with van der Waals surface area (Å²) in [5, 5.41) is 3.10. The molecule has 10 heteroatoms. The monoisotopic (exact) mass is 460 g/mol. The maximum Gasteiger partial charge on any atom is 0.325 e. The Morgan fingerprint density at radius 3 is 2.59 bits per heavy atom. The molecule has 0 aliphatic carbocycles. The van der Waals surface area contributed by atoms with Crippen LogP contribution in [0, 0.1) is 6.92 Å². The molecular formula is C22H29ClN6O3. The van der Waals surface area contributed by atoms with Gasteiger partial charge in [0.15, 0.2) is 18.0 Å². The third kappa shape index (κ3) is 4.06. The fourth-order valence-corrected chi connectivity index (χ4v) is 4.76. The Morgan fingerprint density at radius 1 is 1.25 bits per heavy atom. The Balaban J connectivity index is 1.50. The number of aryl methyl sites for hydroxylation is 1. The molecule has 3 amide bonds. The van der Waals surface area contributed by atoms with Gasteiger partial charge in [-0.05, 0) is 38.5 Å². The summed E-state index contributed by atoms with van der Waals surface area (Å²) in [6, 6.07) is 4.26. The summed E-state index contributed by atoms with van der Waals surface area (Å²) in [6.45, 7) is 9.18. The minimum Gasteiger partial charge on any atom is -0.369 e. The quantitative estimate of drug-likeness (QED) is 0.713. The van der Waals surface area contributed by atoms with E-state index in [1.165, 1.54) is 17.4 Å². The largest absolute Gasteiger partial charge is 0.369 e. The lowest BCUT2D eigenvalue weighted by molar-refractivity contribution is -0.129. The fraction of sp³-hybridized carbons (Fsp3) is 0.545. The van der Waals surface area contributed by atoms with Crippen LogP contribution in [0.3, 0.4) is 0 Å². The number of benzene rings is 1. The Morgan fingerprint density at radius 2 is 1.94 bits per heavy atom. The normalized spacial score (nSPS) is 24.9. The topological polar surface area (TPSA) is 88.6 Å². The summed E-state index contributed by atoms with van der Waals surface area (Å²) in [5.41, 5.74) is 2.33. The van der Waals surface area contributed by atoms with E-state index in [0.717, 1.165) is 36.9 Å². The van der Waals surface area contributed by atoms with E-state index < -0.39 is 30.2 Å². The van der Waals surface area contributed by atoms with Gasteiger partial charge in [0.05, 0.1) is 12.6 Å². The smallest absolute Gasteiger partial charge is 0.325 e. The van der Waals surface area contributed by atoms with Gasteiger partial charge in [-0.25, -0.2) is 9.79 Å². The lowest BCUT2D eigenvalue weighted by Gasteiger charge is -2.40. The second-order valence-electron chi connectivity index (χ2n) is 8.70. The lowest BCUT2D eigenvalue weighted by Crippen LogP contribution is -2.65. The molecule has 3 unspecified atom stereocenters. The van der Waals surface area contributed by atoms with Crippen LogP contribution in [0.2, 0.25) is 5.02 Å².